The molecule has 1 saturated carbocycles. The van der Waals surface area contributed by atoms with Crippen molar-refractivity contribution in [1.29, 1.82) is 0 Å². The van der Waals surface area contributed by atoms with Crippen molar-refractivity contribution in [3.05, 3.63) is 0 Å². The van der Waals surface area contributed by atoms with Crippen LogP contribution in [0.2, 0.25) is 0 Å². The van der Waals surface area contributed by atoms with Gasteiger partial charge in [0.2, 0.25) is 9.70 Å². The average Bonchev–Trinajstić information content (AvgIpc) is 2.21. The minimum Gasteiger partial charge on any atom is -0.369 e. The molecule has 0 aliphatic heterocycles. The first-order chi connectivity index (χ1) is 8.46. The zero-order valence-corrected chi connectivity index (χ0v) is 13.3. The number of Topliss-reactive ketones (excluding diaryl/α,β-unsaturated/α-hetero) is 1. The largest absolute Gasteiger partial charge is 0.369 e. The fraction of sp³-hybridized carbons (Fsp3) is 0.833. The van der Waals surface area contributed by atoms with Crippen molar-refractivity contribution >= 4 is 46.5 Å². The van der Waals surface area contributed by atoms with Crippen LogP contribution in [-0.4, -0.2) is 26.8 Å². The molecule has 1 rings (SSSR count). The highest BCUT2D eigenvalue weighted by Crippen LogP contribution is 2.53. The Morgan fingerprint density at radius 1 is 1.42 bits per heavy atom. The second-order valence-corrected chi connectivity index (χ2v) is 8.00. The van der Waals surface area contributed by atoms with Crippen molar-refractivity contribution in [2.75, 3.05) is 0 Å². The van der Waals surface area contributed by atoms with Crippen molar-refractivity contribution < 1.29 is 14.7 Å². The highest BCUT2D eigenvalue weighted by molar-refractivity contribution is 6.68. The van der Waals surface area contributed by atoms with E-state index in [0.717, 1.165) is 0 Å². The van der Waals surface area contributed by atoms with Crippen LogP contribution in [0.5, 0.6) is 0 Å². The first-order valence-electron chi connectivity index (χ1n) is 6.01. The smallest absolute Gasteiger partial charge is 0.234 e. The van der Waals surface area contributed by atoms with Crippen molar-refractivity contribution in [1.82, 2.24) is 5.32 Å². The molecule has 0 bridgehead atoms. The highest BCUT2D eigenvalue weighted by atomic mass is 35.6. The van der Waals surface area contributed by atoms with Crippen LogP contribution in [0.3, 0.4) is 0 Å². The molecule has 0 radical (unpaired) electrons. The zero-order chi connectivity index (χ0) is 15.0. The normalized spacial score (nSPS) is 27.3. The van der Waals surface area contributed by atoms with Crippen LogP contribution in [0.4, 0.5) is 0 Å². The summed E-state index contributed by atoms with van der Waals surface area (Å²) in [6.45, 7) is 5.49. The molecule has 1 amide bonds. The van der Waals surface area contributed by atoms with Gasteiger partial charge in [0.15, 0.2) is 6.23 Å². The number of halogens is 3. The summed E-state index contributed by atoms with van der Waals surface area (Å²) in [6.07, 6.45) is -0.661. The van der Waals surface area contributed by atoms with E-state index in [1.54, 1.807) is 6.92 Å². The minimum atomic E-state index is -1.95. The van der Waals surface area contributed by atoms with Gasteiger partial charge in [-0.1, -0.05) is 48.7 Å². The third-order valence-electron chi connectivity index (χ3n) is 4.00. The number of amides is 1. The van der Waals surface area contributed by atoms with Gasteiger partial charge in [-0.05, 0) is 24.7 Å². The number of carbonyl (C=O) groups is 2. The lowest BCUT2D eigenvalue weighted by Gasteiger charge is -2.51. The van der Waals surface area contributed by atoms with Gasteiger partial charge in [0.25, 0.3) is 0 Å². The van der Waals surface area contributed by atoms with Gasteiger partial charge in [0, 0.05) is 12.3 Å². The Labute approximate surface area is 127 Å². The number of hydrogen-bond acceptors (Lipinski definition) is 3. The third-order valence-corrected chi connectivity index (χ3v) is 4.62. The average molecular weight is 331 g/mol. The van der Waals surface area contributed by atoms with Crippen LogP contribution in [0, 0.1) is 17.3 Å². The minimum absolute atomic E-state index is 0.0107. The molecule has 0 saturated heterocycles. The van der Waals surface area contributed by atoms with Crippen LogP contribution in [0.25, 0.3) is 0 Å². The van der Waals surface area contributed by atoms with Crippen molar-refractivity contribution in [2.24, 2.45) is 17.3 Å². The zero-order valence-electron chi connectivity index (χ0n) is 11.0. The van der Waals surface area contributed by atoms with Gasteiger partial charge >= 0.3 is 0 Å². The van der Waals surface area contributed by atoms with Crippen molar-refractivity contribution in [3.63, 3.8) is 0 Å². The lowest BCUT2D eigenvalue weighted by molar-refractivity contribution is -0.141. The Kier molecular flexibility index (Phi) is 5.16. The van der Waals surface area contributed by atoms with Gasteiger partial charge in [0.1, 0.15) is 5.78 Å². The molecule has 3 atom stereocenters. The molecule has 2 N–H and O–H groups in total. The summed E-state index contributed by atoms with van der Waals surface area (Å²) < 4.78 is -1.95. The van der Waals surface area contributed by atoms with Crippen LogP contribution in [0.15, 0.2) is 0 Å². The molecule has 0 spiro atoms. The van der Waals surface area contributed by atoms with E-state index >= 15 is 0 Å². The fourth-order valence-electron chi connectivity index (χ4n) is 2.57. The number of aliphatic hydroxyl groups excluding tert-OH is 1. The Morgan fingerprint density at radius 2 is 1.95 bits per heavy atom. The number of nitrogens with one attached hydrogen (secondary N) is 1. The first-order valence-corrected chi connectivity index (χ1v) is 7.14. The molecule has 7 heteroatoms. The van der Waals surface area contributed by atoms with E-state index in [9.17, 15) is 14.7 Å². The number of alkyl halides is 3. The highest BCUT2D eigenvalue weighted by Gasteiger charge is 2.50. The summed E-state index contributed by atoms with van der Waals surface area (Å²) in [5.41, 5.74) is -0.214. The van der Waals surface area contributed by atoms with Crippen molar-refractivity contribution in [3.8, 4) is 0 Å². The molecular weight excluding hydrogens is 312 g/mol. The molecule has 3 unspecified atom stereocenters. The fourth-order valence-corrected chi connectivity index (χ4v) is 2.73. The topological polar surface area (TPSA) is 66.4 Å². The van der Waals surface area contributed by atoms with E-state index in [-0.39, 0.29) is 35.4 Å². The molecule has 110 valence electrons. The first kappa shape index (κ1) is 17.0. The summed E-state index contributed by atoms with van der Waals surface area (Å²) in [5, 5.41) is 11.7. The molecule has 0 aromatic heterocycles. The van der Waals surface area contributed by atoms with E-state index in [0.29, 0.717) is 6.42 Å². The lowest BCUT2D eigenvalue weighted by atomic mass is 9.52. The van der Waals surface area contributed by atoms with Crippen LogP contribution < -0.4 is 5.32 Å². The Hall–Kier alpha value is -0.0300. The molecule has 1 fully saturated rings. The van der Waals surface area contributed by atoms with E-state index in [4.69, 9.17) is 34.8 Å². The second kappa shape index (κ2) is 5.76. The van der Waals surface area contributed by atoms with Crippen molar-refractivity contribution in [2.45, 2.75) is 43.6 Å². The molecule has 4 nitrogen and oxygen atoms in total. The molecule has 1 aliphatic rings. The Bertz CT molecular complexity index is 379. The van der Waals surface area contributed by atoms with E-state index in [1.165, 1.54) is 0 Å². The maximum Gasteiger partial charge on any atom is 0.234 e. The maximum atomic E-state index is 11.7. The lowest BCUT2D eigenvalue weighted by Crippen LogP contribution is -2.51. The van der Waals surface area contributed by atoms with Gasteiger partial charge < -0.3 is 10.4 Å². The second-order valence-electron chi connectivity index (χ2n) is 5.63. The number of rotatable bonds is 4. The third kappa shape index (κ3) is 3.97. The van der Waals surface area contributed by atoms with Gasteiger partial charge in [-0.15, -0.1) is 0 Å². The summed E-state index contributed by atoms with van der Waals surface area (Å²) >= 11 is 16.4. The molecule has 19 heavy (non-hydrogen) atoms. The predicted molar refractivity (Wildman–Crippen MR) is 75.1 cm³/mol. The quantitative estimate of drug-likeness (QED) is 0.614. The van der Waals surface area contributed by atoms with Crippen LogP contribution in [0.1, 0.15) is 33.6 Å². The molecular formula is C12H18Cl3NO3. The predicted octanol–water partition coefficient (Wildman–Crippen LogP) is 2.43. The number of carbonyl (C=O) groups excluding carboxylic acids is 2. The summed E-state index contributed by atoms with van der Waals surface area (Å²) in [4.78, 5) is 23.1. The molecule has 0 aromatic carbocycles. The van der Waals surface area contributed by atoms with Gasteiger partial charge in [-0.2, -0.15) is 0 Å². The van der Waals surface area contributed by atoms with E-state index in [2.05, 4.69) is 5.32 Å². The Balaban J connectivity index is 2.50. The SMILES string of the molecule is CC(=O)C1CC(CC(=O)NC(O)C(Cl)(Cl)Cl)C1(C)C. The van der Waals surface area contributed by atoms with E-state index in [1.807, 2.05) is 13.8 Å². The van der Waals surface area contributed by atoms with E-state index < -0.39 is 10.0 Å². The van der Waals surface area contributed by atoms with Gasteiger partial charge in [-0.25, -0.2) is 0 Å². The monoisotopic (exact) mass is 329 g/mol. The summed E-state index contributed by atoms with van der Waals surface area (Å²) in [6, 6.07) is 0. The Morgan fingerprint density at radius 3 is 2.32 bits per heavy atom. The summed E-state index contributed by atoms with van der Waals surface area (Å²) in [7, 11) is 0. The van der Waals surface area contributed by atoms with Gasteiger partial charge in [-0.3, -0.25) is 9.59 Å². The molecule has 0 aromatic rings. The van der Waals surface area contributed by atoms with Gasteiger partial charge in [0.05, 0.1) is 0 Å². The standard InChI is InChI=1S/C12H18Cl3NO3/c1-6(17)8-4-7(11(8,2)3)5-9(18)16-10(19)12(13,14)15/h7-8,10,19H,4-5H2,1-3H3,(H,16,18). The molecule has 1 aliphatic carbocycles. The van der Waals surface area contributed by atoms with Crippen LogP contribution >= 0.6 is 34.8 Å². The molecule has 0 heterocycles. The maximum absolute atomic E-state index is 11.7. The number of hydrogen-bond donors (Lipinski definition) is 2. The number of ketones is 1. The van der Waals surface area contributed by atoms with Crippen LogP contribution in [-0.2, 0) is 9.59 Å². The number of aliphatic hydroxyl groups is 1. The summed E-state index contributed by atoms with van der Waals surface area (Å²) in [5.74, 6) is -0.172.